The van der Waals surface area contributed by atoms with Crippen LogP contribution in [0.2, 0.25) is 0 Å². The smallest absolute Gasteiger partial charge is 0.0174 e. The fraction of sp³-hybridized carbons (Fsp3) is 0.727. The maximum Gasteiger partial charge on any atom is 0.0174 e. The summed E-state index contributed by atoms with van der Waals surface area (Å²) in [5.41, 5.74) is 9.55. The van der Waals surface area contributed by atoms with Crippen molar-refractivity contribution in [3.8, 4) is 0 Å². The predicted octanol–water partition coefficient (Wildman–Crippen LogP) is 4.68. The highest BCUT2D eigenvalue weighted by Crippen LogP contribution is 2.31. The van der Waals surface area contributed by atoms with Crippen LogP contribution in [0, 0.1) is 5.92 Å². The second-order valence-electron chi connectivity index (χ2n) is 9.29. The van der Waals surface area contributed by atoms with E-state index in [-0.39, 0.29) is 5.41 Å². The average molecular weight is 329 g/mol. The van der Waals surface area contributed by atoms with Crippen molar-refractivity contribution in [3.63, 3.8) is 0 Å². The van der Waals surface area contributed by atoms with E-state index in [0.29, 0.717) is 12.0 Å². The van der Waals surface area contributed by atoms with E-state index in [2.05, 4.69) is 49.9 Å². The maximum absolute atomic E-state index is 6.42. The fourth-order valence-electron chi connectivity index (χ4n) is 4.61. The Morgan fingerprint density at radius 3 is 2.29 bits per heavy atom. The standard InChI is InChI=1S/C22H36N2/c1-22(2,3)20-11-9-18(10-12-20)19-13-21(23)16-24(15-19)14-17-7-5-4-6-8-17/h9-12,17,19,21H,4-8,13-16,23H2,1-3H3. The summed E-state index contributed by atoms with van der Waals surface area (Å²) >= 11 is 0. The average Bonchev–Trinajstić information content (AvgIpc) is 2.54. The van der Waals surface area contributed by atoms with Gasteiger partial charge in [0.15, 0.2) is 0 Å². The topological polar surface area (TPSA) is 29.3 Å². The summed E-state index contributed by atoms with van der Waals surface area (Å²) in [5, 5.41) is 0. The molecule has 1 heterocycles. The molecule has 2 aliphatic rings. The van der Waals surface area contributed by atoms with Crippen LogP contribution in [0.5, 0.6) is 0 Å². The van der Waals surface area contributed by atoms with Gasteiger partial charge in [-0.05, 0) is 47.6 Å². The van der Waals surface area contributed by atoms with Crippen molar-refractivity contribution >= 4 is 0 Å². The molecular formula is C22H36N2. The molecule has 0 aromatic heterocycles. The van der Waals surface area contributed by atoms with Crippen LogP contribution in [0.3, 0.4) is 0 Å². The molecule has 2 unspecified atom stereocenters. The minimum atomic E-state index is 0.231. The van der Waals surface area contributed by atoms with Crippen molar-refractivity contribution in [1.82, 2.24) is 4.90 Å². The van der Waals surface area contributed by atoms with E-state index < -0.39 is 0 Å². The molecule has 24 heavy (non-hydrogen) atoms. The molecule has 2 nitrogen and oxygen atoms in total. The number of rotatable bonds is 3. The number of piperidine rings is 1. The van der Waals surface area contributed by atoms with Gasteiger partial charge >= 0.3 is 0 Å². The molecule has 0 amide bonds. The minimum absolute atomic E-state index is 0.231. The molecular weight excluding hydrogens is 292 g/mol. The molecule has 2 N–H and O–H groups in total. The van der Waals surface area contributed by atoms with E-state index >= 15 is 0 Å². The van der Waals surface area contributed by atoms with Crippen LogP contribution < -0.4 is 5.73 Å². The van der Waals surface area contributed by atoms with Crippen molar-refractivity contribution in [3.05, 3.63) is 35.4 Å². The fourth-order valence-corrected chi connectivity index (χ4v) is 4.61. The number of hydrogen-bond donors (Lipinski definition) is 1. The molecule has 1 aromatic carbocycles. The van der Waals surface area contributed by atoms with Crippen LogP contribution in [-0.4, -0.2) is 30.6 Å². The molecule has 3 rings (SSSR count). The lowest BCUT2D eigenvalue weighted by Gasteiger charge is -2.39. The van der Waals surface area contributed by atoms with Crippen LogP contribution in [0.1, 0.15) is 76.3 Å². The summed E-state index contributed by atoms with van der Waals surface area (Å²) in [6.07, 6.45) is 8.30. The highest BCUT2D eigenvalue weighted by atomic mass is 15.2. The van der Waals surface area contributed by atoms with Gasteiger partial charge in [-0.15, -0.1) is 0 Å². The second-order valence-corrected chi connectivity index (χ2v) is 9.29. The first-order valence-electron chi connectivity index (χ1n) is 10.00. The molecule has 2 heteroatoms. The Bertz CT molecular complexity index is 508. The molecule has 1 saturated heterocycles. The van der Waals surface area contributed by atoms with E-state index in [1.165, 1.54) is 56.3 Å². The van der Waals surface area contributed by atoms with Crippen molar-refractivity contribution in [2.75, 3.05) is 19.6 Å². The largest absolute Gasteiger partial charge is 0.327 e. The Labute approximate surface area is 148 Å². The first-order chi connectivity index (χ1) is 11.4. The van der Waals surface area contributed by atoms with Crippen molar-refractivity contribution in [2.45, 2.75) is 76.7 Å². The normalized spacial score (nSPS) is 27.3. The zero-order valence-electron chi connectivity index (χ0n) is 15.9. The molecule has 0 bridgehead atoms. The van der Waals surface area contributed by atoms with Crippen LogP contribution in [0.4, 0.5) is 0 Å². The molecule has 2 atom stereocenters. The van der Waals surface area contributed by atoms with Gasteiger partial charge in [-0.25, -0.2) is 0 Å². The van der Waals surface area contributed by atoms with E-state index in [0.717, 1.165) is 18.9 Å². The zero-order valence-corrected chi connectivity index (χ0v) is 15.9. The number of benzene rings is 1. The van der Waals surface area contributed by atoms with Gasteiger partial charge in [-0.3, -0.25) is 0 Å². The third-order valence-corrected chi connectivity index (χ3v) is 6.05. The summed E-state index contributed by atoms with van der Waals surface area (Å²) in [6.45, 7) is 10.4. The molecule has 1 aliphatic heterocycles. The molecule has 1 saturated carbocycles. The molecule has 1 aliphatic carbocycles. The second kappa shape index (κ2) is 7.58. The van der Waals surface area contributed by atoms with Gasteiger partial charge in [0, 0.05) is 25.7 Å². The maximum atomic E-state index is 6.42. The number of nitrogens with zero attached hydrogens (tertiary/aromatic N) is 1. The Kier molecular flexibility index (Phi) is 5.66. The predicted molar refractivity (Wildman–Crippen MR) is 103 cm³/mol. The van der Waals surface area contributed by atoms with Crippen LogP contribution in [-0.2, 0) is 5.41 Å². The van der Waals surface area contributed by atoms with E-state index in [1.54, 1.807) is 0 Å². The molecule has 2 fully saturated rings. The number of likely N-dealkylation sites (tertiary alicyclic amines) is 1. The van der Waals surface area contributed by atoms with Crippen LogP contribution in [0.15, 0.2) is 24.3 Å². The highest BCUT2D eigenvalue weighted by molar-refractivity contribution is 5.30. The monoisotopic (exact) mass is 328 g/mol. The van der Waals surface area contributed by atoms with Gasteiger partial charge in [0.2, 0.25) is 0 Å². The van der Waals surface area contributed by atoms with E-state index in [4.69, 9.17) is 5.73 Å². The summed E-state index contributed by atoms with van der Waals surface area (Å²) in [4.78, 5) is 2.66. The van der Waals surface area contributed by atoms with E-state index in [9.17, 15) is 0 Å². The van der Waals surface area contributed by atoms with Crippen molar-refractivity contribution in [1.29, 1.82) is 0 Å². The van der Waals surface area contributed by atoms with Gasteiger partial charge in [0.1, 0.15) is 0 Å². The quantitative estimate of drug-likeness (QED) is 0.873. The summed E-state index contributed by atoms with van der Waals surface area (Å²) in [6, 6.07) is 9.67. The Morgan fingerprint density at radius 2 is 1.67 bits per heavy atom. The van der Waals surface area contributed by atoms with Gasteiger partial charge in [0.25, 0.3) is 0 Å². The van der Waals surface area contributed by atoms with Gasteiger partial charge < -0.3 is 10.6 Å². The van der Waals surface area contributed by atoms with Crippen molar-refractivity contribution in [2.24, 2.45) is 11.7 Å². The Morgan fingerprint density at radius 1 is 1.00 bits per heavy atom. The van der Waals surface area contributed by atoms with Gasteiger partial charge in [-0.2, -0.15) is 0 Å². The van der Waals surface area contributed by atoms with Gasteiger partial charge in [-0.1, -0.05) is 64.3 Å². The molecule has 0 radical (unpaired) electrons. The lowest BCUT2D eigenvalue weighted by molar-refractivity contribution is 0.147. The number of hydrogen-bond acceptors (Lipinski definition) is 2. The third kappa shape index (κ3) is 4.61. The number of nitrogens with two attached hydrogens (primary N) is 1. The Hall–Kier alpha value is -0.860. The van der Waals surface area contributed by atoms with Crippen LogP contribution in [0.25, 0.3) is 0 Å². The lowest BCUT2D eigenvalue weighted by atomic mass is 9.83. The van der Waals surface area contributed by atoms with Crippen molar-refractivity contribution < 1.29 is 0 Å². The highest BCUT2D eigenvalue weighted by Gasteiger charge is 2.28. The Balaban J connectivity index is 1.64. The minimum Gasteiger partial charge on any atom is -0.327 e. The molecule has 134 valence electrons. The molecule has 1 aromatic rings. The molecule has 0 spiro atoms. The zero-order chi connectivity index (χ0) is 17.2. The summed E-state index contributed by atoms with van der Waals surface area (Å²) in [7, 11) is 0. The van der Waals surface area contributed by atoms with Gasteiger partial charge in [0.05, 0.1) is 0 Å². The summed E-state index contributed by atoms with van der Waals surface area (Å²) in [5.74, 6) is 1.51. The third-order valence-electron chi connectivity index (χ3n) is 6.05. The van der Waals surface area contributed by atoms with E-state index in [1.807, 2.05) is 0 Å². The van der Waals surface area contributed by atoms with Crippen LogP contribution >= 0.6 is 0 Å². The first-order valence-corrected chi connectivity index (χ1v) is 10.00. The first kappa shape index (κ1) is 17.9. The SMILES string of the molecule is CC(C)(C)c1ccc(C2CC(N)CN(CC3CCCCC3)C2)cc1. The lowest BCUT2D eigenvalue weighted by Crippen LogP contribution is -2.47. The summed E-state index contributed by atoms with van der Waals surface area (Å²) < 4.78 is 0.